The summed E-state index contributed by atoms with van der Waals surface area (Å²) >= 11 is 0. The maximum atomic E-state index is 2.38. The largest absolute Gasteiger partial charge is 0.345 e. The number of benzene rings is 2. The molecule has 2 heteroatoms. The molecule has 2 nitrogen and oxygen atoms in total. The fourth-order valence-electron chi connectivity index (χ4n) is 2.69. The summed E-state index contributed by atoms with van der Waals surface area (Å²) in [6, 6.07) is 17.4. The number of rotatable bonds is 2. The highest BCUT2D eigenvalue weighted by Gasteiger charge is 2.14. The van der Waals surface area contributed by atoms with E-state index in [9.17, 15) is 0 Å². The highest BCUT2D eigenvalue weighted by molar-refractivity contribution is 5.63. The standard InChI is InChI=1S/C17H20N2/c1-18-11-10-14-8-9-17(12-15(14)13-18)19(2)16-6-4-3-5-7-16/h3-9,12H,10-11,13H2,1-2H3. The van der Waals surface area contributed by atoms with Crippen LogP contribution in [0.15, 0.2) is 48.5 Å². The Morgan fingerprint density at radius 3 is 2.53 bits per heavy atom. The van der Waals surface area contributed by atoms with Crippen molar-refractivity contribution in [1.29, 1.82) is 0 Å². The molecule has 2 aromatic carbocycles. The van der Waals surface area contributed by atoms with E-state index in [2.05, 4.69) is 72.4 Å². The third-order valence-corrected chi connectivity index (χ3v) is 3.92. The van der Waals surface area contributed by atoms with E-state index in [1.165, 1.54) is 35.5 Å². The molecule has 98 valence electrons. The van der Waals surface area contributed by atoms with Crippen molar-refractivity contribution in [3.63, 3.8) is 0 Å². The Balaban J connectivity index is 1.92. The second-order valence-electron chi connectivity index (χ2n) is 5.34. The summed E-state index contributed by atoms with van der Waals surface area (Å²) in [7, 11) is 4.32. The van der Waals surface area contributed by atoms with Gasteiger partial charge >= 0.3 is 0 Å². The molecule has 0 spiro atoms. The molecule has 0 atom stereocenters. The quantitative estimate of drug-likeness (QED) is 0.808. The minimum Gasteiger partial charge on any atom is -0.345 e. The first kappa shape index (κ1) is 12.2. The second-order valence-corrected chi connectivity index (χ2v) is 5.34. The molecule has 0 amide bonds. The summed E-state index contributed by atoms with van der Waals surface area (Å²) in [5, 5.41) is 0. The molecule has 0 saturated heterocycles. The first-order chi connectivity index (χ1) is 9.24. The maximum absolute atomic E-state index is 2.38. The lowest BCUT2D eigenvalue weighted by molar-refractivity contribution is 0.313. The van der Waals surface area contributed by atoms with E-state index in [-0.39, 0.29) is 0 Å². The fraction of sp³-hybridized carbons (Fsp3) is 0.294. The van der Waals surface area contributed by atoms with Gasteiger partial charge in [-0.2, -0.15) is 0 Å². The van der Waals surface area contributed by atoms with E-state index in [0.717, 1.165) is 6.54 Å². The molecule has 1 heterocycles. The first-order valence-electron chi connectivity index (χ1n) is 6.83. The van der Waals surface area contributed by atoms with E-state index >= 15 is 0 Å². The van der Waals surface area contributed by atoms with E-state index in [4.69, 9.17) is 0 Å². The van der Waals surface area contributed by atoms with Gasteiger partial charge in [0.25, 0.3) is 0 Å². The van der Waals surface area contributed by atoms with Gasteiger partial charge in [-0.3, -0.25) is 0 Å². The van der Waals surface area contributed by atoms with Crippen molar-refractivity contribution in [2.75, 3.05) is 25.5 Å². The Kier molecular flexibility index (Phi) is 3.26. The van der Waals surface area contributed by atoms with Crippen molar-refractivity contribution >= 4 is 11.4 Å². The Morgan fingerprint density at radius 1 is 0.947 bits per heavy atom. The molecule has 19 heavy (non-hydrogen) atoms. The topological polar surface area (TPSA) is 6.48 Å². The van der Waals surface area contributed by atoms with Gasteiger partial charge in [-0.1, -0.05) is 24.3 Å². The molecular formula is C17H20N2. The predicted molar refractivity (Wildman–Crippen MR) is 81.0 cm³/mol. The summed E-state index contributed by atoms with van der Waals surface area (Å²) in [4.78, 5) is 4.63. The highest BCUT2D eigenvalue weighted by Crippen LogP contribution is 2.27. The average Bonchev–Trinajstić information content (AvgIpc) is 2.46. The third kappa shape index (κ3) is 2.49. The van der Waals surface area contributed by atoms with E-state index in [0.29, 0.717) is 0 Å². The minimum atomic E-state index is 1.06. The molecule has 0 N–H and O–H groups in total. The molecular weight excluding hydrogens is 232 g/mol. The number of para-hydroxylation sites is 1. The molecule has 3 rings (SSSR count). The Labute approximate surface area is 115 Å². The highest BCUT2D eigenvalue weighted by atomic mass is 15.1. The first-order valence-corrected chi connectivity index (χ1v) is 6.83. The van der Waals surface area contributed by atoms with Gasteiger partial charge in [0.05, 0.1) is 0 Å². The number of likely N-dealkylation sites (N-methyl/N-ethyl adjacent to an activating group) is 1. The van der Waals surface area contributed by atoms with Gasteiger partial charge in [0.15, 0.2) is 0 Å². The maximum Gasteiger partial charge on any atom is 0.0411 e. The van der Waals surface area contributed by atoms with Crippen molar-refractivity contribution in [1.82, 2.24) is 4.90 Å². The summed E-state index contributed by atoms with van der Waals surface area (Å²) < 4.78 is 0. The van der Waals surface area contributed by atoms with Crippen LogP contribution in [-0.2, 0) is 13.0 Å². The third-order valence-electron chi connectivity index (χ3n) is 3.92. The fourth-order valence-corrected chi connectivity index (χ4v) is 2.69. The van der Waals surface area contributed by atoms with Crippen LogP contribution in [0.5, 0.6) is 0 Å². The summed E-state index contributed by atoms with van der Waals surface area (Å²) in [5.41, 5.74) is 5.46. The van der Waals surface area contributed by atoms with Crippen molar-refractivity contribution in [3.8, 4) is 0 Å². The van der Waals surface area contributed by atoms with Gasteiger partial charge in [0.2, 0.25) is 0 Å². The second kappa shape index (κ2) is 5.06. The molecule has 0 saturated carbocycles. The van der Waals surface area contributed by atoms with Crippen LogP contribution >= 0.6 is 0 Å². The van der Waals surface area contributed by atoms with Gasteiger partial charge in [0, 0.05) is 31.5 Å². The van der Waals surface area contributed by atoms with Crippen LogP contribution in [0.1, 0.15) is 11.1 Å². The Morgan fingerprint density at radius 2 is 1.74 bits per heavy atom. The van der Waals surface area contributed by atoms with Gasteiger partial charge in [-0.25, -0.2) is 0 Å². The van der Waals surface area contributed by atoms with Crippen LogP contribution in [0.25, 0.3) is 0 Å². The normalized spacial score (nSPS) is 15.1. The Bertz CT molecular complexity index is 563. The van der Waals surface area contributed by atoms with Crippen LogP contribution in [-0.4, -0.2) is 25.5 Å². The van der Waals surface area contributed by atoms with Crippen LogP contribution in [0.2, 0.25) is 0 Å². The molecule has 2 aromatic rings. The van der Waals surface area contributed by atoms with Crippen molar-refractivity contribution in [2.24, 2.45) is 0 Å². The van der Waals surface area contributed by atoms with Gasteiger partial charge < -0.3 is 9.80 Å². The molecule has 0 aliphatic carbocycles. The molecule has 0 unspecified atom stereocenters. The van der Waals surface area contributed by atoms with Crippen molar-refractivity contribution < 1.29 is 0 Å². The Hall–Kier alpha value is -1.80. The average molecular weight is 252 g/mol. The zero-order chi connectivity index (χ0) is 13.2. The number of nitrogens with zero attached hydrogens (tertiary/aromatic N) is 2. The zero-order valence-electron chi connectivity index (χ0n) is 11.6. The number of fused-ring (bicyclic) bond motifs is 1. The predicted octanol–water partition coefficient (Wildman–Crippen LogP) is 3.44. The molecule has 0 fully saturated rings. The lowest BCUT2D eigenvalue weighted by atomic mass is 9.99. The van der Waals surface area contributed by atoms with E-state index in [1.54, 1.807) is 0 Å². The molecule has 1 aliphatic rings. The lowest BCUT2D eigenvalue weighted by Crippen LogP contribution is -2.26. The number of anilines is 2. The molecule has 0 bridgehead atoms. The minimum absolute atomic E-state index is 1.06. The number of hydrogen-bond donors (Lipinski definition) is 0. The van der Waals surface area contributed by atoms with Crippen LogP contribution in [0.3, 0.4) is 0 Å². The lowest BCUT2D eigenvalue weighted by Gasteiger charge is -2.27. The van der Waals surface area contributed by atoms with Gasteiger partial charge in [-0.15, -0.1) is 0 Å². The molecule has 0 radical (unpaired) electrons. The van der Waals surface area contributed by atoms with E-state index in [1.807, 2.05) is 0 Å². The summed E-state index contributed by atoms with van der Waals surface area (Å²) in [6.07, 6.45) is 1.17. The summed E-state index contributed by atoms with van der Waals surface area (Å²) in [6.45, 7) is 2.23. The zero-order valence-corrected chi connectivity index (χ0v) is 11.6. The van der Waals surface area contributed by atoms with Crippen molar-refractivity contribution in [3.05, 3.63) is 59.7 Å². The van der Waals surface area contributed by atoms with Crippen LogP contribution in [0, 0.1) is 0 Å². The molecule has 1 aliphatic heterocycles. The monoisotopic (exact) mass is 252 g/mol. The van der Waals surface area contributed by atoms with Gasteiger partial charge in [-0.05, 0) is 48.9 Å². The summed E-state index contributed by atoms with van der Waals surface area (Å²) in [5.74, 6) is 0. The number of hydrogen-bond acceptors (Lipinski definition) is 2. The van der Waals surface area contributed by atoms with Crippen molar-refractivity contribution in [2.45, 2.75) is 13.0 Å². The van der Waals surface area contributed by atoms with Crippen LogP contribution < -0.4 is 4.90 Å². The van der Waals surface area contributed by atoms with E-state index < -0.39 is 0 Å². The SMILES string of the molecule is CN1CCc2ccc(N(C)c3ccccc3)cc2C1. The van der Waals surface area contributed by atoms with Gasteiger partial charge in [0.1, 0.15) is 0 Å². The smallest absolute Gasteiger partial charge is 0.0411 e. The molecule has 0 aromatic heterocycles. The van der Waals surface area contributed by atoms with Crippen LogP contribution in [0.4, 0.5) is 11.4 Å².